The molecule has 1 aliphatic heterocycles. The van der Waals surface area contributed by atoms with E-state index in [4.69, 9.17) is 10.5 Å². The van der Waals surface area contributed by atoms with Crippen LogP contribution in [0.3, 0.4) is 0 Å². The monoisotopic (exact) mass is 459 g/mol. The molecule has 12 nitrogen and oxygen atoms in total. The molecule has 1 aromatic carbocycles. The number of ether oxygens (including phenoxy) is 1. The Kier molecular flexibility index (Phi) is 6.10. The van der Waals surface area contributed by atoms with Gasteiger partial charge in [0.1, 0.15) is 6.33 Å². The van der Waals surface area contributed by atoms with E-state index in [1.165, 1.54) is 30.3 Å². The number of aromatic nitrogens is 5. The summed E-state index contributed by atoms with van der Waals surface area (Å²) in [4.78, 5) is 13.1. The van der Waals surface area contributed by atoms with E-state index in [0.29, 0.717) is 23.1 Å². The minimum atomic E-state index is -3.27. The van der Waals surface area contributed by atoms with Crippen molar-refractivity contribution in [1.29, 1.82) is 0 Å². The van der Waals surface area contributed by atoms with Crippen LogP contribution in [-0.4, -0.2) is 65.6 Å². The Balaban J connectivity index is 1.58. The van der Waals surface area contributed by atoms with Crippen LogP contribution < -0.4 is 26.4 Å². The molecule has 0 radical (unpaired) electrons. The third-order valence-corrected chi connectivity index (χ3v) is 6.13. The molecule has 170 valence electrons. The van der Waals surface area contributed by atoms with E-state index in [1.807, 2.05) is 0 Å². The number of methoxy groups -OCH3 is 1. The fourth-order valence-corrected chi connectivity index (χ4v) is 4.05. The van der Waals surface area contributed by atoms with Gasteiger partial charge in [-0.15, -0.1) is 5.10 Å². The highest BCUT2D eigenvalue weighted by Crippen LogP contribution is 2.30. The first kappa shape index (κ1) is 21.8. The molecule has 13 heteroatoms. The lowest BCUT2D eigenvalue weighted by atomic mass is 10.1. The molecule has 1 aliphatic rings. The smallest absolute Gasteiger partial charge is 0.248 e. The van der Waals surface area contributed by atoms with Crippen molar-refractivity contribution in [2.45, 2.75) is 23.8 Å². The van der Waals surface area contributed by atoms with E-state index in [-0.39, 0.29) is 22.8 Å². The Labute approximate surface area is 185 Å². The number of benzene rings is 1. The molecule has 3 heterocycles. The molecule has 32 heavy (non-hydrogen) atoms. The van der Waals surface area contributed by atoms with Crippen molar-refractivity contribution in [1.82, 2.24) is 30.0 Å². The van der Waals surface area contributed by atoms with E-state index in [9.17, 15) is 8.42 Å². The molecule has 1 fully saturated rings. The van der Waals surface area contributed by atoms with Gasteiger partial charge in [-0.3, -0.25) is 0 Å². The molecule has 0 amide bonds. The van der Waals surface area contributed by atoms with Crippen LogP contribution in [0.4, 0.5) is 23.4 Å². The average Bonchev–Trinajstić information content (AvgIpc) is 3.13. The molecule has 0 unspecified atom stereocenters. The van der Waals surface area contributed by atoms with Crippen LogP contribution in [-0.2, 0) is 9.84 Å². The number of sulfone groups is 1. The summed E-state index contributed by atoms with van der Waals surface area (Å²) in [5.41, 5.74) is 6.70. The van der Waals surface area contributed by atoms with Gasteiger partial charge in [-0.05, 0) is 43.7 Å². The number of anilines is 4. The van der Waals surface area contributed by atoms with Crippen LogP contribution in [0.15, 0.2) is 35.5 Å². The Bertz CT molecular complexity index is 1190. The summed E-state index contributed by atoms with van der Waals surface area (Å²) in [6.45, 7) is 1.84. The van der Waals surface area contributed by atoms with Gasteiger partial charge in [0.2, 0.25) is 23.5 Å². The Hall–Kier alpha value is -3.45. The lowest BCUT2D eigenvalue weighted by Gasteiger charge is -2.25. The number of hydrogen-bond acceptors (Lipinski definition) is 11. The highest BCUT2D eigenvalue weighted by molar-refractivity contribution is 7.90. The second-order valence-corrected chi connectivity index (χ2v) is 9.41. The zero-order chi connectivity index (χ0) is 22.7. The van der Waals surface area contributed by atoms with E-state index in [0.717, 1.165) is 32.2 Å². The van der Waals surface area contributed by atoms with E-state index >= 15 is 0 Å². The normalized spacial score (nSPS) is 16.5. The molecule has 5 N–H and O–H groups in total. The maximum absolute atomic E-state index is 11.6. The third-order valence-electron chi connectivity index (χ3n) is 5.00. The first-order valence-corrected chi connectivity index (χ1v) is 11.9. The van der Waals surface area contributed by atoms with Crippen molar-refractivity contribution in [3.8, 4) is 11.6 Å². The average molecular weight is 460 g/mol. The summed E-state index contributed by atoms with van der Waals surface area (Å²) in [5.74, 6) is 1.62. The molecule has 0 spiro atoms. The van der Waals surface area contributed by atoms with Gasteiger partial charge in [0.15, 0.2) is 15.7 Å². The van der Waals surface area contributed by atoms with Crippen LogP contribution in [0.5, 0.6) is 5.75 Å². The van der Waals surface area contributed by atoms with Crippen molar-refractivity contribution in [2.75, 3.05) is 42.8 Å². The summed E-state index contributed by atoms with van der Waals surface area (Å²) >= 11 is 0. The van der Waals surface area contributed by atoms with Gasteiger partial charge in [0.05, 0.1) is 12.0 Å². The molecule has 0 saturated carbocycles. The van der Waals surface area contributed by atoms with Crippen molar-refractivity contribution >= 4 is 33.2 Å². The predicted octanol–water partition coefficient (Wildman–Crippen LogP) is 0.959. The number of hydrogen-bond donors (Lipinski definition) is 4. The summed E-state index contributed by atoms with van der Waals surface area (Å²) in [6.07, 6.45) is 4.66. The number of nitrogens with zero attached hydrogens (tertiary/aromatic N) is 5. The second kappa shape index (κ2) is 8.96. The van der Waals surface area contributed by atoms with Gasteiger partial charge < -0.3 is 26.4 Å². The zero-order valence-electron chi connectivity index (χ0n) is 17.7. The lowest BCUT2D eigenvalue weighted by Crippen LogP contribution is -2.38. The Morgan fingerprint density at radius 2 is 2.03 bits per heavy atom. The number of nitrogens with two attached hydrogens (primary N) is 1. The number of nitrogen functional groups attached to an aromatic ring is 1. The number of piperidine rings is 1. The Morgan fingerprint density at radius 1 is 1.25 bits per heavy atom. The van der Waals surface area contributed by atoms with E-state index in [2.05, 4.69) is 36.0 Å². The van der Waals surface area contributed by atoms with Gasteiger partial charge in [0, 0.05) is 24.5 Å². The largest absolute Gasteiger partial charge is 0.490 e. The van der Waals surface area contributed by atoms with Crippen molar-refractivity contribution in [3.63, 3.8) is 0 Å². The molecule has 1 saturated heterocycles. The van der Waals surface area contributed by atoms with Gasteiger partial charge >= 0.3 is 0 Å². The number of nitrogens with one attached hydrogen (secondary N) is 3. The summed E-state index contributed by atoms with van der Waals surface area (Å²) in [7, 11) is -1.74. The van der Waals surface area contributed by atoms with Crippen molar-refractivity contribution < 1.29 is 13.2 Å². The van der Waals surface area contributed by atoms with Gasteiger partial charge in [-0.2, -0.15) is 9.67 Å². The minimum Gasteiger partial charge on any atom is -0.490 e. The topological polar surface area (TPSA) is 162 Å². The lowest BCUT2D eigenvalue weighted by molar-refractivity contribution is 0.406. The molecule has 0 bridgehead atoms. The van der Waals surface area contributed by atoms with Gasteiger partial charge in [-0.1, -0.05) is 0 Å². The second-order valence-electron chi connectivity index (χ2n) is 7.39. The quantitative estimate of drug-likeness (QED) is 0.398. The molecular weight excluding hydrogens is 434 g/mol. The highest BCUT2D eigenvalue weighted by Gasteiger charge is 2.21. The highest BCUT2D eigenvalue weighted by atomic mass is 32.2. The molecule has 4 rings (SSSR count). The minimum absolute atomic E-state index is 0.0996. The van der Waals surface area contributed by atoms with Gasteiger partial charge in [0.25, 0.3) is 0 Å². The summed E-state index contributed by atoms with van der Waals surface area (Å²) in [5, 5.41) is 14.1. The van der Waals surface area contributed by atoms with Crippen LogP contribution in [0.25, 0.3) is 5.82 Å². The third kappa shape index (κ3) is 4.73. The first-order valence-electron chi connectivity index (χ1n) is 10.0. The Morgan fingerprint density at radius 3 is 2.69 bits per heavy atom. The maximum atomic E-state index is 11.6. The van der Waals surface area contributed by atoms with Crippen LogP contribution in [0, 0.1) is 0 Å². The summed E-state index contributed by atoms with van der Waals surface area (Å²) < 4.78 is 30.2. The zero-order valence-corrected chi connectivity index (χ0v) is 18.6. The standard InChI is InChI=1S/C19H25N9O3S/c1-31-15-16(24-13-4-3-9-21-10-13)22-11-23-17(15)28-18(20)26-19(27-28)25-12-5-7-14(8-6-12)32(2,29)30/h5-8,11,13,21H,3-4,9-10H2,1-2H3,(H,22,23,24)(H3,20,25,26,27)/t13-/m0/s1. The van der Waals surface area contributed by atoms with Crippen LogP contribution >= 0.6 is 0 Å². The molecular formula is C19H25N9O3S. The van der Waals surface area contributed by atoms with Crippen LogP contribution in [0.1, 0.15) is 12.8 Å². The van der Waals surface area contributed by atoms with Crippen molar-refractivity contribution in [3.05, 3.63) is 30.6 Å². The van der Waals surface area contributed by atoms with Crippen molar-refractivity contribution in [2.24, 2.45) is 0 Å². The van der Waals surface area contributed by atoms with Gasteiger partial charge in [-0.25, -0.2) is 18.4 Å². The predicted molar refractivity (Wildman–Crippen MR) is 120 cm³/mol. The van der Waals surface area contributed by atoms with Crippen LogP contribution in [0.2, 0.25) is 0 Å². The first-order chi connectivity index (χ1) is 15.3. The molecule has 2 aromatic heterocycles. The van der Waals surface area contributed by atoms with E-state index < -0.39 is 9.84 Å². The number of rotatable bonds is 7. The SMILES string of the molecule is COc1c(N[C@H]2CCCNC2)ncnc1-n1nc(Nc2ccc(S(C)(=O)=O)cc2)nc1N. The summed E-state index contributed by atoms with van der Waals surface area (Å²) in [6, 6.07) is 6.48. The molecule has 3 aromatic rings. The molecule has 0 aliphatic carbocycles. The van der Waals surface area contributed by atoms with E-state index in [1.54, 1.807) is 12.1 Å². The molecule has 1 atom stereocenters. The maximum Gasteiger partial charge on any atom is 0.248 e. The fourth-order valence-electron chi connectivity index (χ4n) is 3.42. The fraction of sp³-hybridized carbons (Fsp3) is 0.368.